The molecule has 1 N–H and O–H groups in total. The van der Waals surface area contributed by atoms with Gasteiger partial charge in [-0.05, 0) is 49.9 Å². The van der Waals surface area contributed by atoms with Gasteiger partial charge in [0.15, 0.2) is 0 Å². The van der Waals surface area contributed by atoms with Gasteiger partial charge in [-0.15, -0.1) is 0 Å². The number of ether oxygens (including phenoxy) is 2. The van der Waals surface area contributed by atoms with Crippen LogP contribution in [0, 0.1) is 0 Å². The van der Waals surface area contributed by atoms with Gasteiger partial charge in [-0.25, -0.2) is 0 Å². The fourth-order valence-corrected chi connectivity index (χ4v) is 2.50. The first-order valence-electron chi connectivity index (χ1n) is 7.53. The van der Waals surface area contributed by atoms with Crippen molar-refractivity contribution in [2.24, 2.45) is 0 Å². The first-order chi connectivity index (χ1) is 9.85. The number of rotatable bonds is 7. The predicted molar refractivity (Wildman–Crippen MR) is 82.0 cm³/mol. The van der Waals surface area contributed by atoms with Crippen molar-refractivity contribution >= 4 is 0 Å². The highest BCUT2D eigenvalue weighted by atomic mass is 16.5. The Labute approximate surface area is 122 Å². The number of hydrogen-bond acceptors (Lipinski definition) is 3. The second kappa shape index (κ2) is 7.95. The molecule has 3 nitrogen and oxygen atoms in total. The molecule has 3 heteroatoms. The van der Waals surface area contributed by atoms with Crippen molar-refractivity contribution in [1.29, 1.82) is 0 Å². The van der Waals surface area contributed by atoms with Gasteiger partial charge in [0.2, 0.25) is 0 Å². The molecule has 1 aromatic rings. The standard InChI is InChI=1S/C17H25NO2/c1-3-11-18-15(17-10-6-7-12-20-17)13-14-8-4-5-9-16(14)19-2/h4-5,8-10,15,18H,3,6-7,11-13H2,1-2H3. The first-order valence-corrected chi connectivity index (χ1v) is 7.53. The zero-order chi connectivity index (χ0) is 14.2. The van der Waals surface area contributed by atoms with Crippen LogP contribution < -0.4 is 10.1 Å². The summed E-state index contributed by atoms with van der Waals surface area (Å²) in [6.07, 6.45) is 6.49. The Hall–Kier alpha value is -1.48. The summed E-state index contributed by atoms with van der Waals surface area (Å²) in [6, 6.07) is 8.45. The van der Waals surface area contributed by atoms with Crippen LogP contribution in [0.25, 0.3) is 0 Å². The maximum Gasteiger partial charge on any atom is 0.122 e. The maximum absolute atomic E-state index is 5.84. The van der Waals surface area contributed by atoms with Crippen molar-refractivity contribution in [3.05, 3.63) is 41.7 Å². The van der Waals surface area contributed by atoms with E-state index in [0.29, 0.717) is 0 Å². The van der Waals surface area contributed by atoms with Crippen molar-refractivity contribution in [2.45, 2.75) is 38.6 Å². The van der Waals surface area contributed by atoms with E-state index in [0.717, 1.165) is 50.3 Å². The quantitative estimate of drug-likeness (QED) is 0.828. The van der Waals surface area contributed by atoms with Crippen molar-refractivity contribution in [3.8, 4) is 5.75 Å². The first kappa shape index (κ1) is 14.9. The van der Waals surface area contributed by atoms with Gasteiger partial charge in [0.25, 0.3) is 0 Å². The van der Waals surface area contributed by atoms with Gasteiger partial charge < -0.3 is 14.8 Å². The third kappa shape index (κ3) is 4.01. The molecule has 1 aliphatic rings. The van der Waals surface area contributed by atoms with E-state index in [1.807, 2.05) is 12.1 Å². The fourth-order valence-electron chi connectivity index (χ4n) is 2.50. The van der Waals surface area contributed by atoms with Crippen LogP contribution in [0.3, 0.4) is 0 Å². The maximum atomic E-state index is 5.84. The van der Waals surface area contributed by atoms with E-state index in [9.17, 15) is 0 Å². The van der Waals surface area contributed by atoms with E-state index in [-0.39, 0.29) is 6.04 Å². The molecule has 0 saturated carbocycles. The van der Waals surface area contributed by atoms with Gasteiger partial charge >= 0.3 is 0 Å². The lowest BCUT2D eigenvalue weighted by Crippen LogP contribution is -2.35. The summed E-state index contributed by atoms with van der Waals surface area (Å²) in [4.78, 5) is 0. The summed E-state index contributed by atoms with van der Waals surface area (Å²) >= 11 is 0. The number of para-hydroxylation sites is 1. The Morgan fingerprint density at radius 1 is 1.35 bits per heavy atom. The average Bonchev–Trinajstić information content (AvgIpc) is 2.52. The third-order valence-corrected chi connectivity index (χ3v) is 3.56. The zero-order valence-electron chi connectivity index (χ0n) is 12.5. The van der Waals surface area contributed by atoms with Crippen LogP contribution in [-0.4, -0.2) is 26.3 Å². The summed E-state index contributed by atoms with van der Waals surface area (Å²) in [7, 11) is 1.73. The normalized spacial score (nSPS) is 16.2. The minimum atomic E-state index is 0.242. The number of hydrogen-bond donors (Lipinski definition) is 1. The molecule has 0 saturated heterocycles. The van der Waals surface area contributed by atoms with E-state index >= 15 is 0 Å². The van der Waals surface area contributed by atoms with Crippen LogP contribution in [0.15, 0.2) is 36.1 Å². The molecule has 1 aromatic carbocycles. The lowest BCUT2D eigenvalue weighted by atomic mass is 10.0. The van der Waals surface area contributed by atoms with E-state index in [2.05, 4.69) is 30.4 Å². The smallest absolute Gasteiger partial charge is 0.122 e. The number of methoxy groups -OCH3 is 1. The molecule has 1 aliphatic heterocycles. The predicted octanol–water partition coefficient (Wildman–Crippen LogP) is 3.30. The molecule has 0 radical (unpaired) electrons. The Bertz CT molecular complexity index is 442. The van der Waals surface area contributed by atoms with Crippen LogP contribution in [0.1, 0.15) is 31.7 Å². The van der Waals surface area contributed by atoms with E-state index in [1.165, 1.54) is 5.56 Å². The SMILES string of the molecule is CCCNC(Cc1ccccc1OC)C1=CCCCO1. The van der Waals surface area contributed by atoms with Crippen molar-refractivity contribution in [3.63, 3.8) is 0 Å². The van der Waals surface area contributed by atoms with Crippen LogP contribution in [0.4, 0.5) is 0 Å². The van der Waals surface area contributed by atoms with Gasteiger partial charge in [-0.1, -0.05) is 25.1 Å². The number of allylic oxidation sites excluding steroid dienone is 1. The van der Waals surface area contributed by atoms with Crippen molar-refractivity contribution < 1.29 is 9.47 Å². The average molecular weight is 275 g/mol. The van der Waals surface area contributed by atoms with Gasteiger partial charge in [0.1, 0.15) is 11.5 Å². The fraction of sp³-hybridized carbons (Fsp3) is 0.529. The lowest BCUT2D eigenvalue weighted by Gasteiger charge is -2.25. The molecule has 2 rings (SSSR count). The number of benzene rings is 1. The molecule has 1 unspecified atom stereocenters. The zero-order valence-corrected chi connectivity index (χ0v) is 12.5. The molecule has 0 aliphatic carbocycles. The van der Waals surface area contributed by atoms with Crippen molar-refractivity contribution in [2.75, 3.05) is 20.3 Å². The van der Waals surface area contributed by atoms with Crippen LogP contribution in [0.2, 0.25) is 0 Å². The minimum Gasteiger partial charge on any atom is -0.497 e. The largest absolute Gasteiger partial charge is 0.497 e. The molecule has 1 atom stereocenters. The topological polar surface area (TPSA) is 30.5 Å². The van der Waals surface area contributed by atoms with Crippen LogP contribution in [0.5, 0.6) is 5.75 Å². The Balaban J connectivity index is 2.12. The monoisotopic (exact) mass is 275 g/mol. The molecular weight excluding hydrogens is 250 g/mol. The minimum absolute atomic E-state index is 0.242. The van der Waals surface area contributed by atoms with Gasteiger partial charge in [-0.3, -0.25) is 0 Å². The highest BCUT2D eigenvalue weighted by molar-refractivity contribution is 5.34. The Kier molecular flexibility index (Phi) is 5.93. The van der Waals surface area contributed by atoms with Crippen LogP contribution >= 0.6 is 0 Å². The van der Waals surface area contributed by atoms with E-state index in [1.54, 1.807) is 7.11 Å². The molecule has 0 bridgehead atoms. The Morgan fingerprint density at radius 2 is 2.20 bits per heavy atom. The lowest BCUT2D eigenvalue weighted by molar-refractivity contribution is 0.167. The van der Waals surface area contributed by atoms with E-state index in [4.69, 9.17) is 9.47 Å². The molecule has 110 valence electrons. The van der Waals surface area contributed by atoms with Crippen LogP contribution in [-0.2, 0) is 11.2 Å². The van der Waals surface area contributed by atoms with Gasteiger partial charge in [0.05, 0.1) is 19.8 Å². The second-order valence-corrected chi connectivity index (χ2v) is 5.12. The highest BCUT2D eigenvalue weighted by Gasteiger charge is 2.19. The molecule has 1 heterocycles. The summed E-state index contributed by atoms with van der Waals surface area (Å²) < 4.78 is 11.3. The second-order valence-electron chi connectivity index (χ2n) is 5.12. The molecule has 0 spiro atoms. The molecule has 0 aromatic heterocycles. The van der Waals surface area contributed by atoms with Gasteiger partial charge in [0, 0.05) is 0 Å². The summed E-state index contributed by atoms with van der Waals surface area (Å²) in [5.41, 5.74) is 1.22. The number of nitrogens with one attached hydrogen (secondary N) is 1. The van der Waals surface area contributed by atoms with Crippen molar-refractivity contribution in [1.82, 2.24) is 5.32 Å². The third-order valence-electron chi connectivity index (χ3n) is 3.56. The molecule has 20 heavy (non-hydrogen) atoms. The summed E-state index contributed by atoms with van der Waals surface area (Å²) in [6.45, 7) is 4.02. The summed E-state index contributed by atoms with van der Waals surface area (Å²) in [5, 5.41) is 3.59. The Morgan fingerprint density at radius 3 is 2.90 bits per heavy atom. The highest BCUT2D eigenvalue weighted by Crippen LogP contribution is 2.23. The molecule has 0 fully saturated rings. The van der Waals surface area contributed by atoms with Gasteiger partial charge in [-0.2, -0.15) is 0 Å². The van der Waals surface area contributed by atoms with E-state index < -0.39 is 0 Å². The molecular formula is C17H25NO2. The molecule has 0 amide bonds. The summed E-state index contributed by atoms with van der Waals surface area (Å²) in [5.74, 6) is 2.04.